The number of rotatable bonds is 4. The molecule has 5 heteroatoms. The Bertz CT molecular complexity index is 536. The average molecular weight is 252 g/mol. The average Bonchev–Trinajstić information content (AvgIpc) is 2.73. The van der Waals surface area contributed by atoms with E-state index in [0.29, 0.717) is 22.0 Å². The highest BCUT2D eigenvalue weighted by Gasteiger charge is 2.05. The zero-order valence-corrected chi connectivity index (χ0v) is 9.90. The van der Waals surface area contributed by atoms with Crippen molar-refractivity contribution >= 4 is 17.9 Å². The van der Waals surface area contributed by atoms with Crippen molar-refractivity contribution < 1.29 is 14.1 Å². The lowest BCUT2D eigenvalue weighted by Crippen LogP contribution is -1.96. The molecular weight excluding hydrogens is 242 g/mol. The van der Waals surface area contributed by atoms with Crippen molar-refractivity contribution in [2.45, 2.75) is 13.5 Å². The Balaban J connectivity index is 2.06. The first-order valence-corrected chi connectivity index (χ1v) is 5.36. The van der Waals surface area contributed by atoms with Gasteiger partial charge in [-0.05, 0) is 25.1 Å². The van der Waals surface area contributed by atoms with Crippen LogP contribution in [-0.2, 0) is 6.61 Å². The predicted octanol–water partition coefficient (Wildman–Crippen LogP) is 3.03. The molecule has 0 amide bonds. The Kier molecular flexibility index (Phi) is 3.44. The van der Waals surface area contributed by atoms with Gasteiger partial charge in [0.1, 0.15) is 30.1 Å². The van der Waals surface area contributed by atoms with Gasteiger partial charge in [0.25, 0.3) is 0 Å². The summed E-state index contributed by atoms with van der Waals surface area (Å²) in [6, 6.07) is 6.63. The predicted molar refractivity (Wildman–Crippen MR) is 62.4 cm³/mol. The SMILES string of the molecule is Cc1cc(COc2ccc(C=O)cc2Cl)no1. The Hall–Kier alpha value is -1.81. The third-order valence-corrected chi connectivity index (χ3v) is 2.44. The van der Waals surface area contributed by atoms with Crippen molar-refractivity contribution in [3.05, 3.63) is 46.3 Å². The zero-order chi connectivity index (χ0) is 12.3. The first-order valence-electron chi connectivity index (χ1n) is 4.99. The summed E-state index contributed by atoms with van der Waals surface area (Å²) in [6.07, 6.45) is 0.733. The minimum Gasteiger partial charge on any atom is -0.486 e. The fraction of sp³-hybridized carbons (Fsp3) is 0.167. The molecule has 0 atom stereocenters. The molecule has 1 aromatic carbocycles. The molecule has 4 nitrogen and oxygen atoms in total. The van der Waals surface area contributed by atoms with Crippen molar-refractivity contribution in [2.24, 2.45) is 0 Å². The van der Waals surface area contributed by atoms with E-state index in [-0.39, 0.29) is 6.61 Å². The lowest BCUT2D eigenvalue weighted by Gasteiger charge is -2.06. The summed E-state index contributed by atoms with van der Waals surface area (Å²) in [7, 11) is 0. The van der Waals surface area contributed by atoms with Crippen LogP contribution in [0.25, 0.3) is 0 Å². The second kappa shape index (κ2) is 5.01. The van der Waals surface area contributed by atoms with Gasteiger partial charge in [0.05, 0.1) is 5.02 Å². The van der Waals surface area contributed by atoms with Crippen LogP contribution >= 0.6 is 11.6 Å². The Morgan fingerprint density at radius 3 is 2.88 bits per heavy atom. The number of hydrogen-bond donors (Lipinski definition) is 0. The van der Waals surface area contributed by atoms with Gasteiger partial charge in [-0.3, -0.25) is 4.79 Å². The summed E-state index contributed by atoms with van der Waals surface area (Å²) in [4.78, 5) is 10.5. The molecule has 2 rings (SSSR count). The van der Waals surface area contributed by atoms with E-state index in [0.717, 1.165) is 12.0 Å². The van der Waals surface area contributed by atoms with E-state index in [1.54, 1.807) is 24.3 Å². The van der Waals surface area contributed by atoms with Crippen LogP contribution in [0.15, 0.2) is 28.8 Å². The first kappa shape index (κ1) is 11.7. The fourth-order valence-corrected chi connectivity index (χ4v) is 1.59. The normalized spacial score (nSPS) is 10.2. The quantitative estimate of drug-likeness (QED) is 0.784. The molecule has 0 N–H and O–H groups in total. The van der Waals surface area contributed by atoms with Gasteiger partial charge in [-0.25, -0.2) is 0 Å². The summed E-state index contributed by atoms with van der Waals surface area (Å²) < 4.78 is 10.4. The third kappa shape index (κ3) is 2.85. The Morgan fingerprint density at radius 1 is 1.47 bits per heavy atom. The third-order valence-electron chi connectivity index (χ3n) is 2.14. The lowest BCUT2D eigenvalue weighted by molar-refractivity contribution is 0.112. The molecule has 0 aliphatic heterocycles. The molecule has 1 aromatic heterocycles. The Labute approximate surface area is 103 Å². The van der Waals surface area contributed by atoms with Crippen LogP contribution in [0.4, 0.5) is 0 Å². The number of hydrogen-bond acceptors (Lipinski definition) is 4. The van der Waals surface area contributed by atoms with Crippen molar-refractivity contribution in [2.75, 3.05) is 0 Å². The van der Waals surface area contributed by atoms with Crippen LogP contribution in [0, 0.1) is 6.92 Å². The van der Waals surface area contributed by atoms with Crippen molar-refractivity contribution in [1.29, 1.82) is 0 Å². The molecule has 2 aromatic rings. The van der Waals surface area contributed by atoms with Gasteiger partial charge < -0.3 is 9.26 Å². The van der Waals surface area contributed by atoms with E-state index in [1.807, 2.05) is 6.92 Å². The molecule has 0 aliphatic carbocycles. The van der Waals surface area contributed by atoms with Crippen molar-refractivity contribution in [3.63, 3.8) is 0 Å². The minimum absolute atomic E-state index is 0.275. The zero-order valence-electron chi connectivity index (χ0n) is 9.14. The fourth-order valence-electron chi connectivity index (χ4n) is 1.35. The van der Waals surface area contributed by atoms with Crippen LogP contribution < -0.4 is 4.74 Å². The highest BCUT2D eigenvalue weighted by atomic mass is 35.5. The largest absolute Gasteiger partial charge is 0.486 e. The smallest absolute Gasteiger partial charge is 0.150 e. The van der Waals surface area contributed by atoms with Gasteiger partial charge in [-0.15, -0.1) is 0 Å². The van der Waals surface area contributed by atoms with Gasteiger partial charge in [-0.2, -0.15) is 0 Å². The topological polar surface area (TPSA) is 52.3 Å². The van der Waals surface area contributed by atoms with E-state index in [1.165, 1.54) is 0 Å². The molecule has 0 aliphatic rings. The van der Waals surface area contributed by atoms with Crippen LogP contribution in [0.2, 0.25) is 5.02 Å². The van der Waals surface area contributed by atoms with Crippen LogP contribution in [-0.4, -0.2) is 11.4 Å². The van der Waals surface area contributed by atoms with Crippen molar-refractivity contribution in [3.8, 4) is 5.75 Å². The van der Waals surface area contributed by atoms with Gasteiger partial charge in [0.15, 0.2) is 0 Å². The van der Waals surface area contributed by atoms with Crippen LogP contribution in [0.3, 0.4) is 0 Å². The van der Waals surface area contributed by atoms with Crippen molar-refractivity contribution in [1.82, 2.24) is 5.16 Å². The lowest BCUT2D eigenvalue weighted by atomic mass is 10.2. The molecule has 0 saturated carbocycles. The standard InChI is InChI=1S/C12H10ClNO3/c1-8-4-10(14-17-8)7-16-12-3-2-9(6-15)5-11(12)13/h2-6H,7H2,1H3. The highest BCUT2D eigenvalue weighted by molar-refractivity contribution is 6.32. The number of benzene rings is 1. The maximum atomic E-state index is 10.5. The summed E-state index contributed by atoms with van der Waals surface area (Å²) >= 11 is 5.95. The minimum atomic E-state index is 0.275. The second-order valence-corrected chi connectivity index (χ2v) is 3.93. The number of aryl methyl sites for hydroxylation is 1. The maximum Gasteiger partial charge on any atom is 0.150 e. The molecule has 0 radical (unpaired) electrons. The molecule has 0 unspecified atom stereocenters. The van der Waals surface area contributed by atoms with Crippen LogP contribution in [0.5, 0.6) is 5.75 Å². The molecule has 17 heavy (non-hydrogen) atoms. The van der Waals surface area contributed by atoms with E-state index in [9.17, 15) is 4.79 Å². The summed E-state index contributed by atoms with van der Waals surface area (Å²) in [5.74, 6) is 1.24. The summed E-state index contributed by atoms with van der Waals surface area (Å²) in [5.41, 5.74) is 1.21. The number of ether oxygens (including phenoxy) is 1. The molecule has 0 saturated heterocycles. The first-order chi connectivity index (χ1) is 8.19. The highest BCUT2D eigenvalue weighted by Crippen LogP contribution is 2.25. The van der Waals surface area contributed by atoms with E-state index in [4.69, 9.17) is 20.9 Å². The van der Waals surface area contributed by atoms with E-state index >= 15 is 0 Å². The summed E-state index contributed by atoms with van der Waals surface area (Å²) in [5, 5.41) is 4.19. The number of aldehydes is 1. The van der Waals surface area contributed by atoms with E-state index < -0.39 is 0 Å². The number of aromatic nitrogens is 1. The number of nitrogens with zero attached hydrogens (tertiary/aromatic N) is 1. The Morgan fingerprint density at radius 2 is 2.29 bits per heavy atom. The monoisotopic (exact) mass is 251 g/mol. The number of halogens is 1. The molecule has 0 fully saturated rings. The molecule has 1 heterocycles. The number of carbonyl (C=O) groups excluding carboxylic acids is 1. The summed E-state index contributed by atoms with van der Waals surface area (Å²) in [6.45, 7) is 2.08. The molecule has 0 spiro atoms. The van der Waals surface area contributed by atoms with Gasteiger partial charge >= 0.3 is 0 Å². The number of carbonyl (C=O) groups is 1. The molecular formula is C12H10ClNO3. The maximum absolute atomic E-state index is 10.5. The van der Waals surface area contributed by atoms with Gasteiger partial charge in [0, 0.05) is 11.6 Å². The van der Waals surface area contributed by atoms with E-state index in [2.05, 4.69) is 5.16 Å². The van der Waals surface area contributed by atoms with Gasteiger partial charge in [-0.1, -0.05) is 16.8 Å². The van der Waals surface area contributed by atoms with Gasteiger partial charge in [0.2, 0.25) is 0 Å². The molecule has 0 bridgehead atoms. The van der Waals surface area contributed by atoms with Crippen LogP contribution in [0.1, 0.15) is 21.8 Å². The molecule has 88 valence electrons. The second-order valence-electron chi connectivity index (χ2n) is 3.53.